The summed E-state index contributed by atoms with van der Waals surface area (Å²) in [6.45, 7) is 1.87. The van der Waals surface area contributed by atoms with Crippen LogP contribution in [0.3, 0.4) is 0 Å². The molecule has 1 rings (SSSR count). The number of hydrogen-bond donors (Lipinski definition) is 0. The van der Waals surface area contributed by atoms with Crippen LogP contribution in [0.1, 0.15) is 5.56 Å². The van der Waals surface area contributed by atoms with Crippen LogP contribution in [-0.2, 0) is 0 Å². The summed E-state index contributed by atoms with van der Waals surface area (Å²) in [5.41, 5.74) is 0.957. The Balaban J connectivity index is 2.96. The molecule has 1 heterocycles. The number of anilines is 1. The van der Waals surface area contributed by atoms with Gasteiger partial charge in [0.05, 0.1) is 11.0 Å². The molecular formula is C10H12BrClF2N2. The predicted molar refractivity (Wildman–Crippen MR) is 65.6 cm³/mol. The van der Waals surface area contributed by atoms with E-state index in [1.165, 1.54) is 4.90 Å². The van der Waals surface area contributed by atoms with Gasteiger partial charge >= 0.3 is 0 Å². The summed E-state index contributed by atoms with van der Waals surface area (Å²) in [7, 11) is 0. The van der Waals surface area contributed by atoms with Gasteiger partial charge in [0.1, 0.15) is 5.82 Å². The Morgan fingerprint density at radius 3 is 2.81 bits per heavy atom. The molecule has 0 fully saturated rings. The molecule has 0 aliphatic heterocycles. The van der Waals surface area contributed by atoms with Crippen LogP contribution in [-0.4, -0.2) is 30.4 Å². The lowest BCUT2D eigenvalue weighted by molar-refractivity contribution is 0.155. The highest BCUT2D eigenvalue weighted by Crippen LogP contribution is 2.27. The standard InChI is InChI=1S/C10H12BrClF2N2/c1-7-2-4-15-10(9(7)11)16(5-3-12)6-8(13)14/h2,4,8H,3,5-6H2,1H3. The Morgan fingerprint density at radius 2 is 2.25 bits per heavy atom. The van der Waals surface area contributed by atoms with Gasteiger partial charge in [0, 0.05) is 18.6 Å². The molecule has 0 amide bonds. The molecule has 0 radical (unpaired) electrons. The van der Waals surface area contributed by atoms with Crippen LogP contribution in [0.2, 0.25) is 0 Å². The van der Waals surface area contributed by atoms with Crippen LogP contribution >= 0.6 is 27.5 Å². The van der Waals surface area contributed by atoms with Crippen molar-refractivity contribution in [3.8, 4) is 0 Å². The summed E-state index contributed by atoms with van der Waals surface area (Å²) in [6, 6.07) is 1.81. The van der Waals surface area contributed by atoms with Gasteiger partial charge in [-0.15, -0.1) is 11.6 Å². The molecule has 0 saturated heterocycles. The minimum Gasteiger partial charge on any atom is -0.349 e. The van der Waals surface area contributed by atoms with E-state index in [4.69, 9.17) is 11.6 Å². The van der Waals surface area contributed by atoms with Gasteiger partial charge in [0.25, 0.3) is 6.43 Å². The van der Waals surface area contributed by atoms with Crippen molar-refractivity contribution in [1.82, 2.24) is 4.98 Å². The van der Waals surface area contributed by atoms with E-state index in [9.17, 15) is 8.78 Å². The molecule has 1 aromatic heterocycles. The van der Waals surface area contributed by atoms with E-state index in [1.807, 2.05) is 13.0 Å². The van der Waals surface area contributed by atoms with Gasteiger partial charge in [-0.2, -0.15) is 0 Å². The minimum atomic E-state index is -2.41. The molecule has 16 heavy (non-hydrogen) atoms. The number of halogens is 4. The van der Waals surface area contributed by atoms with Crippen molar-refractivity contribution in [1.29, 1.82) is 0 Å². The second-order valence-electron chi connectivity index (χ2n) is 3.29. The fourth-order valence-electron chi connectivity index (χ4n) is 1.30. The highest BCUT2D eigenvalue weighted by atomic mass is 79.9. The number of nitrogens with zero attached hydrogens (tertiary/aromatic N) is 2. The van der Waals surface area contributed by atoms with Crippen LogP contribution in [0, 0.1) is 6.92 Å². The molecular weight excluding hydrogens is 301 g/mol. The average molecular weight is 314 g/mol. The normalized spacial score (nSPS) is 10.9. The van der Waals surface area contributed by atoms with Gasteiger partial charge in [-0.3, -0.25) is 0 Å². The fraction of sp³-hybridized carbons (Fsp3) is 0.500. The monoisotopic (exact) mass is 312 g/mol. The van der Waals surface area contributed by atoms with Crippen molar-refractivity contribution in [3.05, 3.63) is 22.3 Å². The second kappa shape index (κ2) is 6.35. The molecule has 0 spiro atoms. The molecule has 2 nitrogen and oxygen atoms in total. The lowest BCUT2D eigenvalue weighted by Gasteiger charge is -2.23. The smallest absolute Gasteiger partial charge is 0.255 e. The first kappa shape index (κ1) is 13.6. The molecule has 0 aliphatic carbocycles. The van der Waals surface area contributed by atoms with Gasteiger partial charge in [0.2, 0.25) is 0 Å². The summed E-state index contributed by atoms with van der Waals surface area (Å²) in [5.74, 6) is 0.801. The van der Waals surface area contributed by atoms with E-state index in [1.54, 1.807) is 6.20 Å². The molecule has 0 saturated carbocycles. The lowest BCUT2D eigenvalue weighted by atomic mass is 10.3. The van der Waals surface area contributed by atoms with E-state index >= 15 is 0 Å². The van der Waals surface area contributed by atoms with Crippen LogP contribution in [0.4, 0.5) is 14.6 Å². The van der Waals surface area contributed by atoms with Crippen molar-refractivity contribution in [2.75, 3.05) is 23.9 Å². The largest absolute Gasteiger partial charge is 0.349 e. The topological polar surface area (TPSA) is 16.1 Å². The number of rotatable bonds is 5. The van der Waals surface area contributed by atoms with Gasteiger partial charge in [0.15, 0.2) is 0 Å². The average Bonchev–Trinajstić information content (AvgIpc) is 2.21. The summed E-state index contributed by atoms with van der Waals surface area (Å²) >= 11 is 8.94. The minimum absolute atomic E-state index is 0.286. The molecule has 0 aliphatic rings. The Hall–Kier alpha value is -0.420. The van der Waals surface area contributed by atoms with Gasteiger partial charge in [-0.05, 0) is 34.5 Å². The lowest BCUT2D eigenvalue weighted by Crippen LogP contribution is -2.31. The Labute approximate surface area is 107 Å². The first-order valence-corrected chi connectivity index (χ1v) is 6.09. The maximum Gasteiger partial charge on any atom is 0.255 e. The molecule has 0 atom stereocenters. The van der Waals surface area contributed by atoms with E-state index in [2.05, 4.69) is 20.9 Å². The number of alkyl halides is 3. The molecule has 0 unspecified atom stereocenters. The maximum atomic E-state index is 12.4. The van der Waals surface area contributed by atoms with Gasteiger partial charge in [-0.1, -0.05) is 0 Å². The molecule has 1 aromatic rings. The second-order valence-corrected chi connectivity index (χ2v) is 4.46. The van der Waals surface area contributed by atoms with Crippen LogP contribution in [0.25, 0.3) is 0 Å². The summed E-state index contributed by atoms with van der Waals surface area (Å²) in [5, 5.41) is 0. The number of pyridine rings is 1. The van der Waals surface area contributed by atoms with Crippen molar-refractivity contribution >= 4 is 33.3 Å². The van der Waals surface area contributed by atoms with E-state index < -0.39 is 6.43 Å². The highest BCUT2D eigenvalue weighted by molar-refractivity contribution is 9.10. The van der Waals surface area contributed by atoms with Crippen LogP contribution in [0.5, 0.6) is 0 Å². The molecule has 0 N–H and O–H groups in total. The third kappa shape index (κ3) is 3.56. The zero-order valence-electron chi connectivity index (χ0n) is 8.76. The van der Waals surface area contributed by atoms with Crippen molar-refractivity contribution in [3.63, 3.8) is 0 Å². The van der Waals surface area contributed by atoms with Crippen molar-refractivity contribution < 1.29 is 8.78 Å². The predicted octanol–water partition coefficient (Wildman–Crippen LogP) is 3.46. The Morgan fingerprint density at radius 1 is 1.56 bits per heavy atom. The van der Waals surface area contributed by atoms with Crippen molar-refractivity contribution in [2.45, 2.75) is 13.3 Å². The SMILES string of the molecule is Cc1ccnc(N(CCCl)CC(F)F)c1Br. The highest BCUT2D eigenvalue weighted by Gasteiger charge is 2.16. The molecule has 90 valence electrons. The first-order valence-electron chi connectivity index (χ1n) is 4.76. The Kier molecular flexibility index (Phi) is 5.41. The quantitative estimate of drug-likeness (QED) is 0.774. The van der Waals surface area contributed by atoms with Gasteiger partial charge in [-0.25, -0.2) is 13.8 Å². The molecule has 0 aromatic carbocycles. The summed E-state index contributed by atoms with van der Waals surface area (Å²) < 4.78 is 25.5. The van der Waals surface area contributed by atoms with E-state index in [0.717, 1.165) is 10.0 Å². The Bertz CT molecular complexity index is 350. The van der Waals surface area contributed by atoms with Crippen molar-refractivity contribution in [2.24, 2.45) is 0 Å². The van der Waals surface area contributed by atoms with E-state index in [-0.39, 0.29) is 12.4 Å². The van der Waals surface area contributed by atoms with Crippen LogP contribution < -0.4 is 4.90 Å². The van der Waals surface area contributed by atoms with Crippen LogP contribution in [0.15, 0.2) is 16.7 Å². The maximum absolute atomic E-state index is 12.4. The molecule has 6 heteroatoms. The third-order valence-electron chi connectivity index (χ3n) is 2.08. The number of aromatic nitrogens is 1. The zero-order valence-corrected chi connectivity index (χ0v) is 11.1. The zero-order chi connectivity index (χ0) is 12.1. The summed E-state index contributed by atoms with van der Waals surface area (Å²) in [6.07, 6.45) is -0.806. The first-order chi connectivity index (χ1) is 7.56. The number of aryl methyl sites for hydroxylation is 1. The number of hydrogen-bond acceptors (Lipinski definition) is 2. The van der Waals surface area contributed by atoms with E-state index in [0.29, 0.717) is 12.4 Å². The fourth-order valence-corrected chi connectivity index (χ4v) is 1.99. The van der Waals surface area contributed by atoms with Gasteiger partial charge < -0.3 is 4.90 Å². The molecule has 0 bridgehead atoms. The third-order valence-corrected chi connectivity index (χ3v) is 3.23. The summed E-state index contributed by atoms with van der Waals surface area (Å²) in [4.78, 5) is 5.58.